The molecule has 9 heavy (non-hydrogen) atoms. The first-order chi connectivity index (χ1) is 4.47. The van der Waals surface area contributed by atoms with Crippen molar-refractivity contribution in [3.63, 3.8) is 0 Å². The maximum absolute atomic E-state index is 3.91. The molecular formula is C5H3N4. The topological polar surface area (TPSA) is 54.5 Å². The number of hydrogen-bond donors (Lipinski definition) is 1. The van der Waals surface area contributed by atoms with Gasteiger partial charge in [0.15, 0.2) is 0 Å². The summed E-state index contributed by atoms with van der Waals surface area (Å²) in [5.74, 6) is 0. The summed E-state index contributed by atoms with van der Waals surface area (Å²) in [6, 6.07) is 0. The molecule has 4 nitrogen and oxygen atoms in total. The second-order valence-corrected chi connectivity index (χ2v) is 1.62. The third-order valence-corrected chi connectivity index (χ3v) is 1.07. The zero-order chi connectivity index (χ0) is 6.10. The number of nitrogens with one attached hydrogen (secondary N) is 1. The Kier molecular flexibility index (Phi) is 0.745. The van der Waals surface area contributed by atoms with E-state index in [1.54, 1.807) is 12.5 Å². The van der Waals surface area contributed by atoms with E-state index < -0.39 is 0 Å². The predicted molar refractivity (Wildman–Crippen MR) is 30.5 cm³/mol. The lowest BCUT2D eigenvalue weighted by molar-refractivity contribution is 1.04. The molecule has 0 aromatic carbocycles. The fourth-order valence-electron chi connectivity index (χ4n) is 0.655. The van der Waals surface area contributed by atoms with Crippen molar-refractivity contribution in [3.8, 4) is 0 Å². The highest BCUT2D eigenvalue weighted by Gasteiger charge is 1.91. The number of aromatic amines is 1. The fourth-order valence-corrected chi connectivity index (χ4v) is 0.655. The third-order valence-electron chi connectivity index (χ3n) is 1.07. The lowest BCUT2D eigenvalue weighted by Gasteiger charge is -1.78. The lowest BCUT2D eigenvalue weighted by Crippen LogP contribution is -1.77. The second-order valence-electron chi connectivity index (χ2n) is 1.62. The molecule has 0 bridgehead atoms. The Morgan fingerprint density at radius 2 is 2.56 bits per heavy atom. The van der Waals surface area contributed by atoms with Crippen molar-refractivity contribution >= 4 is 11.0 Å². The zero-order valence-corrected chi connectivity index (χ0v) is 4.50. The van der Waals surface area contributed by atoms with Gasteiger partial charge in [-0.15, -0.1) is 5.10 Å². The van der Waals surface area contributed by atoms with Crippen LogP contribution >= 0.6 is 0 Å². The number of H-pyrrole nitrogens is 1. The van der Waals surface area contributed by atoms with Crippen LogP contribution in [0.1, 0.15) is 0 Å². The summed E-state index contributed by atoms with van der Waals surface area (Å²) in [4.78, 5) is 6.78. The van der Waals surface area contributed by atoms with E-state index in [1.807, 2.05) is 0 Å². The van der Waals surface area contributed by atoms with E-state index in [2.05, 4.69) is 26.4 Å². The number of rotatable bonds is 0. The van der Waals surface area contributed by atoms with Crippen LogP contribution in [0.15, 0.2) is 12.5 Å². The van der Waals surface area contributed by atoms with Gasteiger partial charge < -0.3 is 4.98 Å². The van der Waals surface area contributed by atoms with Crippen molar-refractivity contribution < 1.29 is 0 Å². The molecule has 2 aromatic heterocycles. The van der Waals surface area contributed by atoms with Gasteiger partial charge in [0.2, 0.25) is 0 Å². The smallest absolute Gasteiger partial charge is 0.143 e. The molecule has 0 fully saturated rings. The molecule has 2 aromatic rings. The van der Waals surface area contributed by atoms with Gasteiger partial charge in [-0.3, -0.25) is 0 Å². The highest BCUT2D eigenvalue weighted by Crippen LogP contribution is 2.00. The van der Waals surface area contributed by atoms with E-state index >= 15 is 0 Å². The summed E-state index contributed by atoms with van der Waals surface area (Å²) in [6.45, 7) is 0. The maximum Gasteiger partial charge on any atom is 0.143 e. The average molecular weight is 119 g/mol. The van der Waals surface area contributed by atoms with Crippen molar-refractivity contribution in [2.75, 3.05) is 0 Å². The van der Waals surface area contributed by atoms with E-state index in [1.165, 1.54) is 0 Å². The molecule has 1 radical (unpaired) electrons. The molecule has 0 unspecified atom stereocenters. The number of nitrogens with zero attached hydrogens (tertiary/aromatic N) is 3. The van der Waals surface area contributed by atoms with E-state index in [0.717, 1.165) is 11.0 Å². The van der Waals surface area contributed by atoms with Gasteiger partial charge in [-0.2, -0.15) is 5.10 Å². The Morgan fingerprint density at radius 1 is 1.56 bits per heavy atom. The van der Waals surface area contributed by atoms with E-state index in [-0.39, 0.29) is 0 Å². The fraction of sp³-hybridized carbons (Fsp3) is 0. The molecule has 0 spiro atoms. The van der Waals surface area contributed by atoms with Crippen molar-refractivity contribution in [2.45, 2.75) is 0 Å². The summed E-state index contributed by atoms with van der Waals surface area (Å²) in [6.07, 6.45) is 5.83. The van der Waals surface area contributed by atoms with Crippen molar-refractivity contribution in [1.82, 2.24) is 20.2 Å². The number of fused-ring (bicyclic) bond motifs is 1. The summed E-state index contributed by atoms with van der Waals surface area (Å²) in [5.41, 5.74) is 1.59. The van der Waals surface area contributed by atoms with Gasteiger partial charge in [0.05, 0.1) is 18.0 Å². The molecule has 4 heteroatoms. The quantitative estimate of drug-likeness (QED) is 0.537. The average Bonchev–Trinajstić information content (AvgIpc) is 2.33. The van der Waals surface area contributed by atoms with Crippen LogP contribution in [0.25, 0.3) is 11.0 Å². The first kappa shape index (κ1) is 4.43. The largest absolute Gasteiger partial charge is 0.343 e. The van der Waals surface area contributed by atoms with Crippen molar-refractivity contribution in [1.29, 1.82) is 0 Å². The predicted octanol–water partition coefficient (Wildman–Crippen LogP) is 0.153. The molecule has 1 N–H and O–H groups in total. The van der Waals surface area contributed by atoms with Gasteiger partial charge in [-0.1, -0.05) is 0 Å². The molecule has 0 aliphatic carbocycles. The first-order valence-electron chi connectivity index (χ1n) is 2.49. The van der Waals surface area contributed by atoms with E-state index in [0.29, 0.717) is 0 Å². The van der Waals surface area contributed by atoms with E-state index in [4.69, 9.17) is 0 Å². The van der Waals surface area contributed by atoms with Gasteiger partial charge in [-0.05, 0) is 0 Å². The van der Waals surface area contributed by atoms with Crippen LogP contribution < -0.4 is 0 Å². The molecule has 0 aliphatic rings. The molecule has 0 amide bonds. The van der Waals surface area contributed by atoms with Crippen LogP contribution in [0.3, 0.4) is 0 Å². The maximum atomic E-state index is 3.91. The number of imidazole rings is 1. The van der Waals surface area contributed by atoms with Gasteiger partial charge in [0.1, 0.15) is 11.7 Å². The zero-order valence-electron chi connectivity index (χ0n) is 4.50. The van der Waals surface area contributed by atoms with Crippen LogP contribution in [0.4, 0.5) is 0 Å². The minimum Gasteiger partial charge on any atom is -0.343 e. The Morgan fingerprint density at radius 3 is 3.44 bits per heavy atom. The van der Waals surface area contributed by atoms with Crippen LogP contribution in [0.2, 0.25) is 0 Å². The molecule has 0 saturated heterocycles. The Hall–Kier alpha value is -1.45. The van der Waals surface area contributed by atoms with Crippen molar-refractivity contribution in [3.05, 3.63) is 18.7 Å². The molecule has 2 heterocycles. The third kappa shape index (κ3) is 0.561. The first-order valence-corrected chi connectivity index (χ1v) is 2.49. The molecule has 0 aliphatic heterocycles. The molecular weight excluding hydrogens is 116 g/mol. The summed E-state index contributed by atoms with van der Waals surface area (Å²) in [5, 5.41) is 7.14. The summed E-state index contributed by atoms with van der Waals surface area (Å²) in [7, 11) is 0. The van der Waals surface area contributed by atoms with Crippen LogP contribution in [0.5, 0.6) is 0 Å². The summed E-state index contributed by atoms with van der Waals surface area (Å²) < 4.78 is 0. The van der Waals surface area contributed by atoms with Gasteiger partial charge in [-0.25, -0.2) is 4.98 Å². The van der Waals surface area contributed by atoms with Gasteiger partial charge in [0, 0.05) is 0 Å². The Labute approximate surface area is 50.9 Å². The number of hydrogen-bond acceptors (Lipinski definition) is 3. The highest BCUT2D eigenvalue weighted by atomic mass is 15.1. The standard InChI is InChI=1S/C5H3N4/c1-4-5(2-9-8-1)7-3-6-4/h1,3H,(H,6,7). The second kappa shape index (κ2) is 1.51. The van der Waals surface area contributed by atoms with Crippen LogP contribution in [-0.4, -0.2) is 20.2 Å². The van der Waals surface area contributed by atoms with Crippen LogP contribution in [-0.2, 0) is 0 Å². The van der Waals surface area contributed by atoms with E-state index in [9.17, 15) is 0 Å². The highest BCUT2D eigenvalue weighted by molar-refractivity contribution is 5.70. The Bertz CT molecular complexity index is 283. The minimum absolute atomic E-state index is 0.727. The molecule has 2 rings (SSSR count). The molecule has 43 valence electrons. The molecule has 0 atom stereocenters. The van der Waals surface area contributed by atoms with Gasteiger partial charge in [0.25, 0.3) is 0 Å². The normalized spacial score (nSPS) is 10.2. The summed E-state index contributed by atoms with van der Waals surface area (Å²) >= 11 is 0. The lowest BCUT2D eigenvalue weighted by atomic mass is 10.5. The molecule has 0 saturated carbocycles. The number of aromatic nitrogens is 4. The SMILES string of the molecule is [c]1nncc2[nH]cnc12. The minimum atomic E-state index is 0.727. The van der Waals surface area contributed by atoms with Crippen LogP contribution in [0, 0.1) is 6.20 Å². The van der Waals surface area contributed by atoms with Gasteiger partial charge >= 0.3 is 0 Å². The van der Waals surface area contributed by atoms with Crippen molar-refractivity contribution in [2.24, 2.45) is 0 Å². The Balaban J connectivity index is 2.95. The monoisotopic (exact) mass is 119 g/mol.